The maximum absolute atomic E-state index is 11.4. The lowest BCUT2D eigenvalue weighted by molar-refractivity contribution is -0.123. The van der Waals surface area contributed by atoms with E-state index in [1.165, 1.54) is 0 Å². The third kappa shape index (κ3) is 3.26. The van der Waals surface area contributed by atoms with Crippen molar-refractivity contribution >= 4 is 16.8 Å². The first-order valence-electron chi connectivity index (χ1n) is 8.01. The summed E-state index contributed by atoms with van der Waals surface area (Å²) in [6.45, 7) is 3.58. The number of para-hydroxylation sites is 1. The zero-order valence-corrected chi connectivity index (χ0v) is 14.4. The van der Waals surface area contributed by atoms with Crippen LogP contribution in [0.25, 0.3) is 22.0 Å². The fraction of sp³-hybridized carbons (Fsp3) is 0.200. The molecule has 0 saturated heterocycles. The number of pyridine rings is 1. The van der Waals surface area contributed by atoms with Crippen LogP contribution in [0.4, 0.5) is 0 Å². The summed E-state index contributed by atoms with van der Waals surface area (Å²) >= 11 is 0. The van der Waals surface area contributed by atoms with Crippen LogP contribution in [-0.2, 0) is 4.79 Å². The largest absolute Gasteiger partial charge is 0.494 e. The highest BCUT2D eigenvalue weighted by molar-refractivity contribution is 5.99. The predicted molar refractivity (Wildman–Crippen MR) is 97.8 cm³/mol. The Labute approximate surface area is 146 Å². The van der Waals surface area contributed by atoms with E-state index in [1.807, 2.05) is 55.5 Å². The lowest BCUT2D eigenvalue weighted by atomic mass is 9.99. The minimum atomic E-state index is -0.717. The molecule has 1 atom stereocenters. The van der Waals surface area contributed by atoms with Gasteiger partial charge < -0.3 is 15.2 Å². The van der Waals surface area contributed by atoms with Gasteiger partial charge in [0.2, 0.25) is 0 Å². The number of ether oxygens (including phenoxy) is 2. The average molecular weight is 336 g/mol. The van der Waals surface area contributed by atoms with Crippen molar-refractivity contribution in [3.05, 3.63) is 54.2 Å². The second kappa shape index (κ2) is 6.81. The lowest BCUT2D eigenvalue weighted by Crippen LogP contribution is -2.30. The monoisotopic (exact) mass is 336 g/mol. The Bertz CT molecular complexity index is 937. The first-order valence-corrected chi connectivity index (χ1v) is 8.01. The van der Waals surface area contributed by atoms with E-state index in [0.717, 1.165) is 27.7 Å². The predicted octanol–water partition coefficient (Wildman–Crippen LogP) is 3.47. The minimum Gasteiger partial charge on any atom is -0.494 e. The molecule has 5 heteroatoms. The van der Waals surface area contributed by atoms with Gasteiger partial charge in [-0.1, -0.05) is 24.3 Å². The van der Waals surface area contributed by atoms with Crippen LogP contribution in [0.2, 0.25) is 0 Å². The highest BCUT2D eigenvalue weighted by Crippen LogP contribution is 2.38. The standard InChI is InChI=1S/C20H20N2O3/c1-12-8-9-16-14(10-11-18(24-3)19(16)22-12)15-6-4-5-7-17(15)25-13(2)20(21)23/h4-11,13H,1-3H3,(H2,21,23). The molecule has 3 rings (SSSR count). The third-order valence-corrected chi connectivity index (χ3v) is 4.06. The van der Waals surface area contributed by atoms with E-state index >= 15 is 0 Å². The number of carbonyl (C=O) groups is 1. The van der Waals surface area contributed by atoms with Crippen molar-refractivity contribution in [1.82, 2.24) is 4.98 Å². The van der Waals surface area contributed by atoms with Crippen LogP contribution >= 0.6 is 0 Å². The Morgan fingerprint density at radius 1 is 1.04 bits per heavy atom. The van der Waals surface area contributed by atoms with E-state index in [4.69, 9.17) is 15.2 Å². The number of amides is 1. The summed E-state index contributed by atoms with van der Waals surface area (Å²) < 4.78 is 11.2. The number of aromatic nitrogens is 1. The summed E-state index contributed by atoms with van der Waals surface area (Å²) in [4.78, 5) is 16.0. The number of aryl methyl sites for hydroxylation is 1. The summed E-state index contributed by atoms with van der Waals surface area (Å²) in [6, 6.07) is 15.4. The van der Waals surface area contributed by atoms with Crippen LogP contribution in [0.3, 0.4) is 0 Å². The quantitative estimate of drug-likeness (QED) is 0.774. The van der Waals surface area contributed by atoms with Gasteiger partial charge in [-0.3, -0.25) is 4.79 Å². The van der Waals surface area contributed by atoms with E-state index < -0.39 is 12.0 Å². The molecular formula is C20H20N2O3. The van der Waals surface area contributed by atoms with Gasteiger partial charge in [0, 0.05) is 16.6 Å². The minimum absolute atomic E-state index is 0.508. The van der Waals surface area contributed by atoms with E-state index in [2.05, 4.69) is 4.98 Å². The van der Waals surface area contributed by atoms with Crippen LogP contribution in [0.1, 0.15) is 12.6 Å². The van der Waals surface area contributed by atoms with Gasteiger partial charge in [-0.05, 0) is 43.7 Å². The molecule has 1 aromatic heterocycles. The molecule has 0 saturated carbocycles. The molecular weight excluding hydrogens is 316 g/mol. The number of hydrogen-bond donors (Lipinski definition) is 1. The topological polar surface area (TPSA) is 74.4 Å². The number of methoxy groups -OCH3 is 1. The molecule has 0 aliphatic carbocycles. The second-order valence-electron chi connectivity index (χ2n) is 5.82. The first-order chi connectivity index (χ1) is 12.0. The van der Waals surface area contributed by atoms with Crippen molar-refractivity contribution in [3.63, 3.8) is 0 Å². The van der Waals surface area contributed by atoms with Crippen LogP contribution < -0.4 is 15.2 Å². The van der Waals surface area contributed by atoms with E-state index in [-0.39, 0.29) is 0 Å². The number of primary amides is 1. The number of rotatable bonds is 5. The number of carbonyl (C=O) groups excluding carboxylic acids is 1. The normalized spacial score (nSPS) is 12.0. The highest BCUT2D eigenvalue weighted by atomic mass is 16.5. The Morgan fingerprint density at radius 2 is 1.80 bits per heavy atom. The number of fused-ring (bicyclic) bond motifs is 1. The summed E-state index contributed by atoms with van der Waals surface area (Å²) in [6.07, 6.45) is -0.717. The smallest absolute Gasteiger partial charge is 0.258 e. The zero-order chi connectivity index (χ0) is 18.0. The molecule has 1 unspecified atom stereocenters. The van der Waals surface area contributed by atoms with Crippen LogP contribution in [-0.4, -0.2) is 24.1 Å². The molecule has 0 spiro atoms. The third-order valence-electron chi connectivity index (χ3n) is 4.06. The molecule has 1 amide bonds. The van der Waals surface area contributed by atoms with Gasteiger partial charge in [-0.2, -0.15) is 0 Å². The molecule has 5 nitrogen and oxygen atoms in total. The summed E-state index contributed by atoms with van der Waals surface area (Å²) in [5, 5.41) is 0.952. The first kappa shape index (κ1) is 16.8. The average Bonchev–Trinajstić information content (AvgIpc) is 2.61. The number of nitrogens with zero attached hydrogens (tertiary/aromatic N) is 1. The summed E-state index contributed by atoms with van der Waals surface area (Å²) in [5.74, 6) is 0.805. The Balaban J connectivity index is 2.19. The van der Waals surface area contributed by atoms with Crippen molar-refractivity contribution in [2.75, 3.05) is 7.11 Å². The SMILES string of the molecule is COc1ccc(-c2ccccc2OC(C)C(N)=O)c2ccc(C)nc12. The second-order valence-corrected chi connectivity index (χ2v) is 5.82. The maximum atomic E-state index is 11.4. The van der Waals surface area contributed by atoms with Crippen molar-refractivity contribution in [2.24, 2.45) is 5.73 Å². The highest BCUT2D eigenvalue weighted by Gasteiger charge is 2.16. The van der Waals surface area contributed by atoms with Gasteiger partial charge in [-0.25, -0.2) is 4.98 Å². The van der Waals surface area contributed by atoms with E-state index in [1.54, 1.807) is 14.0 Å². The molecule has 1 heterocycles. The number of hydrogen-bond acceptors (Lipinski definition) is 4. The van der Waals surface area contributed by atoms with E-state index in [9.17, 15) is 4.79 Å². The van der Waals surface area contributed by atoms with Gasteiger partial charge in [0.15, 0.2) is 6.10 Å². The van der Waals surface area contributed by atoms with Crippen molar-refractivity contribution < 1.29 is 14.3 Å². The molecule has 0 radical (unpaired) electrons. The van der Waals surface area contributed by atoms with Crippen molar-refractivity contribution in [2.45, 2.75) is 20.0 Å². The fourth-order valence-electron chi connectivity index (χ4n) is 2.73. The van der Waals surface area contributed by atoms with Gasteiger partial charge >= 0.3 is 0 Å². The molecule has 128 valence electrons. The van der Waals surface area contributed by atoms with E-state index in [0.29, 0.717) is 11.5 Å². The van der Waals surface area contributed by atoms with Gasteiger partial charge in [0.05, 0.1) is 7.11 Å². The Kier molecular flexibility index (Phi) is 4.57. The summed E-state index contributed by atoms with van der Waals surface area (Å²) in [7, 11) is 1.63. The van der Waals surface area contributed by atoms with Gasteiger partial charge in [0.25, 0.3) is 5.91 Å². The van der Waals surface area contributed by atoms with Crippen molar-refractivity contribution in [1.29, 1.82) is 0 Å². The number of nitrogens with two attached hydrogens (primary N) is 1. The Morgan fingerprint density at radius 3 is 2.52 bits per heavy atom. The van der Waals surface area contributed by atoms with Gasteiger partial charge in [0.1, 0.15) is 17.0 Å². The molecule has 2 aromatic carbocycles. The van der Waals surface area contributed by atoms with Crippen LogP contribution in [0.5, 0.6) is 11.5 Å². The molecule has 2 N–H and O–H groups in total. The van der Waals surface area contributed by atoms with Gasteiger partial charge in [-0.15, -0.1) is 0 Å². The Hall–Kier alpha value is -3.08. The molecule has 3 aromatic rings. The summed E-state index contributed by atoms with van der Waals surface area (Å²) in [5.41, 5.74) is 8.85. The van der Waals surface area contributed by atoms with Crippen molar-refractivity contribution in [3.8, 4) is 22.6 Å². The molecule has 0 aliphatic heterocycles. The fourth-order valence-corrected chi connectivity index (χ4v) is 2.73. The number of benzene rings is 2. The molecule has 0 fully saturated rings. The zero-order valence-electron chi connectivity index (χ0n) is 14.4. The lowest BCUT2D eigenvalue weighted by Gasteiger charge is -2.17. The molecule has 0 aliphatic rings. The van der Waals surface area contributed by atoms with Crippen LogP contribution in [0.15, 0.2) is 48.5 Å². The maximum Gasteiger partial charge on any atom is 0.258 e. The molecule has 25 heavy (non-hydrogen) atoms. The molecule has 0 bridgehead atoms. The van der Waals surface area contributed by atoms with Crippen LogP contribution in [0, 0.1) is 6.92 Å².